The number of hydrogen-bond donors (Lipinski definition) is 2. The zero-order valence-corrected chi connectivity index (χ0v) is 18.9. The molecule has 0 radical (unpaired) electrons. The number of halogens is 3. The summed E-state index contributed by atoms with van der Waals surface area (Å²) < 4.78 is 45.4. The molecule has 2 N–H and O–H groups in total. The Kier molecular flexibility index (Phi) is 6.75. The third-order valence-corrected chi connectivity index (χ3v) is 6.16. The van der Waals surface area contributed by atoms with Crippen molar-refractivity contribution in [3.05, 3.63) is 77.8 Å². The predicted octanol–water partition coefficient (Wildman–Crippen LogP) is 2.92. The summed E-state index contributed by atoms with van der Waals surface area (Å²) in [4.78, 5) is 18.7. The predicted molar refractivity (Wildman–Crippen MR) is 118 cm³/mol. The molecule has 1 aliphatic rings. The quantitative estimate of drug-likeness (QED) is 0.413. The van der Waals surface area contributed by atoms with E-state index < -0.39 is 36.0 Å². The van der Waals surface area contributed by atoms with Crippen LogP contribution in [-0.2, 0) is 11.3 Å². The minimum absolute atomic E-state index is 0.0216. The van der Waals surface area contributed by atoms with Gasteiger partial charge in [-0.05, 0) is 36.2 Å². The molecule has 8 nitrogen and oxygen atoms in total. The third-order valence-electron chi connectivity index (χ3n) is 6.16. The topological polar surface area (TPSA) is 98.1 Å². The molecule has 1 saturated heterocycles. The summed E-state index contributed by atoms with van der Waals surface area (Å²) in [7, 11) is 0. The molecule has 1 fully saturated rings. The average molecular weight is 485 g/mol. The summed E-state index contributed by atoms with van der Waals surface area (Å²) in [6, 6.07) is 8.13. The summed E-state index contributed by atoms with van der Waals surface area (Å²) in [5.74, 6) is -4.68. The number of nitrogens with zero attached hydrogens (tertiary/aromatic N) is 5. The maximum atomic E-state index is 14.6. The van der Waals surface area contributed by atoms with E-state index in [4.69, 9.17) is 5.26 Å². The Hall–Kier alpha value is -3.91. The lowest BCUT2D eigenvalue weighted by Gasteiger charge is -2.40. The van der Waals surface area contributed by atoms with Crippen LogP contribution in [0.3, 0.4) is 0 Å². The van der Waals surface area contributed by atoms with E-state index in [0.717, 1.165) is 10.8 Å². The number of nitrogens with one attached hydrogen (secondary N) is 1. The second-order valence-corrected chi connectivity index (χ2v) is 8.63. The molecule has 4 rings (SSSR count). The number of nitriles is 1. The third kappa shape index (κ3) is 5.60. The van der Waals surface area contributed by atoms with Gasteiger partial charge in [0.25, 0.3) is 5.92 Å². The summed E-state index contributed by atoms with van der Waals surface area (Å²) in [5, 5.41) is 21.1. The monoisotopic (exact) mass is 485 g/mol. The molecule has 0 aliphatic carbocycles. The van der Waals surface area contributed by atoms with Gasteiger partial charge in [0.2, 0.25) is 18.3 Å². The fraction of sp³-hybridized carbons (Fsp3) is 0.333. The molecule has 2 atom stereocenters. The van der Waals surface area contributed by atoms with Crippen LogP contribution in [0.1, 0.15) is 36.0 Å². The number of likely N-dealkylation sites (tertiary alicyclic amines) is 1. The first kappa shape index (κ1) is 24.2. The van der Waals surface area contributed by atoms with Gasteiger partial charge in [0.05, 0.1) is 29.9 Å². The number of pyridine rings is 1. The molecule has 182 valence electrons. The fourth-order valence-corrected chi connectivity index (χ4v) is 4.21. The molecular formula is C24H24F3N6O2+. The van der Waals surface area contributed by atoms with Crippen LogP contribution in [0.5, 0.6) is 0 Å². The van der Waals surface area contributed by atoms with Crippen LogP contribution in [0.4, 0.5) is 19.0 Å². The fourth-order valence-electron chi connectivity index (χ4n) is 4.21. The first-order chi connectivity index (χ1) is 16.6. The van der Waals surface area contributed by atoms with E-state index in [-0.39, 0.29) is 31.0 Å². The average Bonchev–Trinajstić information content (AvgIpc) is 3.25. The molecule has 0 unspecified atom stereocenters. The second kappa shape index (κ2) is 9.76. The van der Waals surface area contributed by atoms with E-state index in [2.05, 4.69) is 10.3 Å². The number of piperidine rings is 1. The van der Waals surface area contributed by atoms with Gasteiger partial charge in [-0.1, -0.05) is 0 Å². The summed E-state index contributed by atoms with van der Waals surface area (Å²) in [5.41, 5.74) is 1.16. The number of amides is 1. The molecule has 1 aliphatic heterocycles. The van der Waals surface area contributed by atoms with Gasteiger partial charge in [-0.25, -0.2) is 18.2 Å². The van der Waals surface area contributed by atoms with Crippen LogP contribution < -0.4 is 10.0 Å². The van der Waals surface area contributed by atoms with Crippen molar-refractivity contribution in [1.29, 1.82) is 5.26 Å². The van der Waals surface area contributed by atoms with Crippen LogP contribution in [0.25, 0.3) is 0 Å². The Labute approximate surface area is 199 Å². The van der Waals surface area contributed by atoms with E-state index in [1.54, 1.807) is 28.7 Å². The molecule has 0 spiro atoms. The lowest BCUT2D eigenvalue weighted by Crippen LogP contribution is -2.52. The van der Waals surface area contributed by atoms with Crippen molar-refractivity contribution in [1.82, 2.24) is 14.5 Å². The van der Waals surface area contributed by atoms with E-state index in [0.29, 0.717) is 11.1 Å². The van der Waals surface area contributed by atoms with Crippen LogP contribution in [0.15, 0.2) is 55.2 Å². The minimum atomic E-state index is -2.94. The number of benzene rings is 1. The molecule has 0 saturated carbocycles. The van der Waals surface area contributed by atoms with Crippen molar-refractivity contribution < 1.29 is 27.9 Å². The highest BCUT2D eigenvalue weighted by atomic mass is 19.3. The number of hydrogen-bond acceptors (Lipinski definition) is 5. The molecule has 11 heteroatoms. The van der Waals surface area contributed by atoms with Crippen LogP contribution in [-0.4, -0.2) is 50.6 Å². The van der Waals surface area contributed by atoms with Crippen LogP contribution >= 0.6 is 0 Å². The van der Waals surface area contributed by atoms with Crippen molar-refractivity contribution in [2.45, 2.75) is 37.8 Å². The maximum Gasteiger partial charge on any atom is 0.257 e. The SMILES string of the molecule is C[C@@H](C(=O)Nc1cn(Cc2cc(F)cc(C#N)c2)cn1)N1CCC(F)(F)[C@@H](c2cc[n+](O)cc2)C1. The summed E-state index contributed by atoms with van der Waals surface area (Å²) in [6.07, 6.45) is 5.24. The summed E-state index contributed by atoms with van der Waals surface area (Å²) in [6.45, 7) is 1.93. The van der Waals surface area contributed by atoms with Gasteiger partial charge in [-0.15, -0.1) is 0 Å². The standard InChI is InChI=1S/C24H23F3N6O2/c1-16(32-7-4-24(26,27)21(13-32)19-2-5-33(35)6-3-19)23(34)30-22-14-31(15-29-22)12-18-8-17(11-28)9-20(25)10-18/h2-3,5-6,8-10,14-16,21H,4,7,12-13H2,1H3,(H-,30,34,35)/p+1/t16-,21+/m0/s1. The molecule has 3 aromatic rings. The first-order valence-corrected chi connectivity index (χ1v) is 11.0. The van der Waals surface area contributed by atoms with E-state index >= 15 is 0 Å². The minimum Gasteiger partial charge on any atom is -0.331 e. The van der Waals surface area contributed by atoms with Crippen molar-refractivity contribution in [3.63, 3.8) is 0 Å². The Morgan fingerprint density at radius 1 is 1.37 bits per heavy atom. The number of imidazole rings is 1. The van der Waals surface area contributed by atoms with Gasteiger partial charge in [0.15, 0.2) is 5.82 Å². The lowest BCUT2D eigenvalue weighted by molar-refractivity contribution is -0.904. The molecule has 35 heavy (non-hydrogen) atoms. The molecule has 1 amide bonds. The van der Waals surface area contributed by atoms with Gasteiger partial charge in [-0.2, -0.15) is 5.26 Å². The normalized spacial score (nSPS) is 18.5. The Balaban J connectivity index is 1.40. The van der Waals surface area contributed by atoms with Gasteiger partial charge in [-0.3, -0.25) is 14.9 Å². The number of aromatic nitrogens is 3. The van der Waals surface area contributed by atoms with Gasteiger partial charge < -0.3 is 9.88 Å². The van der Waals surface area contributed by atoms with Crippen molar-refractivity contribution in [3.8, 4) is 6.07 Å². The second-order valence-electron chi connectivity index (χ2n) is 8.63. The number of anilines is 1. The Bertz CT molecular complexity index is 1250. The smallest absolute Gasteiger partial charge is 0.257 e. The van der Waals surface area contributed by atoms with E-state index in [1.165, 1.54) is 36.9 Å². The van der Waals surface area contributed by atoms with Crippen molar-refractivity contribution in [2.75, 3.05) is 18.4 Å². The van der Waals surface area contributed by atoms with Gasteiger partial charge in [0.1, 0.15) is 5.82 Å². The highest BCUT2D eigenvalue weighted by Gasteiger charge is 2.46. The summed E-state index contributed by atoms with van der Waals surface area (Å²) >= 11 is 0. The molecular weight excluding hydrogens is 461 g/mol. The lowest BCUT2D eigenvalue weighted by atomic mass is 9.87. The van der Waals surface area contributed by atoms with Gasteiger partial charge >= 0.3 is 0 Å². The molecule has 0 bridgehead atoms. The molecule has 2 aromatic heterocycles. The first-order valence-electron chi connectivity index (χ1n) is 11.0. The number of rotatable bonds is 6. The Morgan fingerprint density at radius 3 is 2.83 bits per heavy atom. The number of carbonyl (C=O) groups excluding carboxylic acids is 1. The molecule has 3 heterocycles. The maximum absolute atomic E-state index is 14.6. The van der Waals surface area contributed by atoms with Crippen LogP contribution in [0, 0.1) is 17.1 Å². The van der Waals surface area contributed by atoms with Gasteiger partial charge in [0, 0.05) is 49.1 Å². The number of alkyl halides is 2. The highest BCUT2D eigenvalue weighted by molar-refractivity contribution is 5.93. The van der Waals surface area contributed by atoms with Crippen molar-refractivity contribution in [2.24, 2.45) is 0 Å². The van der Waals surface area contributed by atoms with E-state index in [9.17, 15) is 23.2 Å². The Morgan fingerprint density at radius 2 is 2.11 bits per heavy atom. The highest BCUT2D eigenvalue weighted by Crippen LogP contribution is 2.40. The zero-order chi connectivity index (χ0) is 25.2. The van der Waals surface area contributed by atoms with Crippen molar-refractivity contribution >= 4 is 11.7 Å². The van der Waals surface area contributed by atoms with E-state index in [1.807, 2.05) is 6.07 Å². The van der Waals surface area contributed by atoms with Crippen LogP contribution in [0.2, 0.25) is 0 Å². The number of carbonyl (C=O) groups is 1. The largest absolute Gasteiger partial charge is 0.331 e. The zero-order valence-electron chi connectivity index (χ0n) is 18.9. The molecule has 1 aromatic carbocycles.